The number of carbonyl (C=O) groups is 1. The van der Waals surface area contributed by atoms with Crippen molar-refractivity contribution >= 4 is 62.8 Å². The SMILES string of the molecule is COc1ccc(Cl)c2ccc(/C=C3/SC(=S)N(C)C3=O)nc12. The van der Waals surface area contributed by atoms with Crippen LogP contribution < -0.4 is 4.74 Å². The van der Waals surface area contributed by atoms with E-state index in [2.05, 4.69) is 4.98 Å². The van der Waals surface area contributed by atoms with Gasteiger partial charge in [0.1, 0.15) is 15.6 Å². The molecule has 22 heavy (non-hydrogen) atoms. The van der Waals surface area contributed by atoms with Gasteiger partial charge in [-0.2, -0.15) is 0 Å². The van der Waals surface area contributed by atoms with Gasteiger partial charge >= 0.3 is 0 Å². The predicted molar refractivity (Wildman–Crippen MR) is 94.2 cm³/mol. The van der Waals surface area contributed by atoms with E-state index >= 15 is 0 Å². The van der Waals surface area contributed by atoms with Crippen molar-refractivity contribution in [1.82, 2.24) is 9.88 Å². The van der Waals surface area contributed by atoms with Crippen LogP contribution in [-0.4, -0.2) is 34.3 Å². The van der Waals surface area contributed by atoms with E-state index in [1.54, 1.807) is 32.4 Å². The Kier molecular flexibility index (Phi) is 4.08. The molecular weight excluding hydrogens is 340 g/mol. The molecule has 1 fully saturated rings. The van der Waals surface area contributed by atoms with Crippen molar-refractivity contribution in [2.45, 2.75) is 0 Å². The van der Waals surface area contributed by atoms with Gasteiger partial charge in [0, 0.05) is 12.4 Å². The van der Waals surface area contributed by atoms with Crippen LogP contribution in [0.3, 0.4) is 0 Å². The molecule has 7 heteroatoms. The lowest BCUT2D eigenvalue weighted by atomic mass is 10.2. The number of fused-ring (bicyclic) bond motifs is 1. The van der Waals surface area contributed by atoms with E-state index < -0.39 is 0 Å². The molecule has 112 valence electrons. The van der Waals surface area contributed by atoms with Crippen molar-refractivity contribution in [3.05, 3.63) is 39.9 Å². The fraction of sp³-hybridized carbons (Fsp3) is 0.133. The number of hydrogen-bond donors (Lipinski definition) is 0. The number of nitrogens with zero attached hydrogens (tertiary/aromatic N) is 2. The third-order valence-corrected chi connectivity index (χ3v) is 5.09. The molecule has 0 N–H and O–H groups in total. The van der Waals surface area contributed by atoms with E-state index in [1.165, 1.54) is 16.7 Å². The first-order chi connectivity index (χ1) is 10.5. The van der Waals surface area contributed by atoms with Gasteiger partial charge in [0.15, 0.2) is 0 Å². The number of halogens is 1. The molecule has 1 saturated heterocycles. The van der Waals surface area contributed by atoms with Crippen LogP contribution in [0.4, 0.5) is 0 Å². The molecule has 0 saturated carbocycles. The number of hydrogen-bond acceptors (Lipinski definition) is 5. The fourth-order valence-corrected chi connectivity index (χ4v) is 3.48. The van der Waals surface area contributed by atoms with Gasteiger partial charge in [0.25, 0.3) is 5.91 Å². The number of ether oxygens (including phenoxy) is 1. The van der Waals surface area contributed by atoms with Crippen LogP contribution in [0.5, 0.6) is 5.75 Å². The highest BCUT2D eigenvalue weighted by Crippen LogP contribution is 2.33. The number of pyridine rings is 1. The van der Waals surface area contributed by atoms with Gasteiger partial charge in [0.05, 0.1) is 22.7 Å². The van der Waals surface area contributed by atoms with Crippen molar-refractivity contribution in [1.29, 1.82) is 0 Å². The van der Waals surface area contributed by atoms with Gasteiger partial charge < -0.3 is 4.74 Å². The number of methoxy groups -OCH3 is 1. The maximum Gasteiger partial charge on any atom is 0.265 e. The lowest BCUT2D eigenvalue weighted by Gasteiger charge is -2.07. The third kappa shape index (κ3) is 2.58. The minimum absolute atomic E-state index is 0.116. The quantitative estimate of drug-likeness (QED) is 0.610. The number of thioether (sulfide) groups is 1. The highest BCUT2D eigenvalue weighted by molar-refractivity contribution is 8.26. The Hall–Kier alpha value is -1.63. The van der Waals surface area contributed by atoms with Gasteiger partial charge in [-0.25, -0.2) is 4.98 Å². The molecule has 0 atom stereocenters. The van der Waals surface area contributed by atoms with E-state index in [0.29, 0.717) is 31.2 Å². The van der Waals surface area contributed by atoms with E-state index in [9.17, 15) is 4.79 Å². The summed E-state index contributed by atoms with van der Waals surface area (Å²) >= 11 is 12.6. The molecule has 0 bridgehead atoms. The second-order valence-electron chi connectivity index (χ2n) is 4.62. The van der Waals surface area contributed by atoms with Crippen LogP contribution >= 0.6 is 35.6 Å². The van der Waals surface area contributed by atoms with Crippen LogP contribution in [0.2, 0.25) is 5.02 Å². The zero-order valence-corrected chi connectivity index (χ0v) is 14.2. The Labute approximate surface area is 142 Å². The summed E-state index contributed by atoms with van der Waals surface area (Å²) < 4.78 is 5.86. The summed E-state index contributed by atoms with van der Waals surface area (Å²) in [4.78, 5) is 18.6. The van der Waals surface area contributed by atoms with Crippen molar-refractivity contribution in [3.63, 3.8) is 0 Å². The van der Waals surface area contributed by atoms with E-state index in [0.717, 1.165) is 5.39 Å². The molecule has 2 heterocycles. The molecule has 0 unspecified atom stereocenters. The lowest BCUT2D eigenvalue weighted by Crippen LogP contribution is -2.22. The Morgan fingerprint density at radius 1 is 1.36 bits per heavy atom. The molecule has 0 aliphatic carbocycles. The van der Waals surface area contributed by atoms with E-state index in [4.69, 9.17) is 28.6 Å². The van der Waals surface area contributed by atoms with Crippen LogP contribution in [0.1, 0.15) is 5.69 Å². The highest BCUT2D eigenvalue weighted by Gasteiger charge is 2.28. The van der Waals surface area contributed by atoms with Gasteiger partial charge in [-0.15, -0.1) is 0 Å². The second kappa shape index (κ2) is 5.87. The summed E-state index contributed by atoms with van der Waals surface area (Å²) in [6.07, 6.45) is 1.72. The van der Waals surface area contributed by atoms with Crippen LogP contribution in [-0.2, 0) is 4.79 Å². The Morgan fingerprint density at radius 2 is 2.14 bits per heavy atom. The number of thiocarbonyl (C=S) groups is 1. The van der Waals surface area contributed by atoms with Crippen LogP contribution in [0, 0.1) is 0 Å². The summed E-state index contributed by atoms with van der Waals surface area (Å²) in [6, 6.07) is 7.22. The second-order valence-corrected chi connectivity index (χ2v) is 6.71. The maximum absolute atomic E-state index is 12.0. The smallest absolute Gasteiger partial charge is 0.265 e. The minimum Gasteiger partial charge on any atom is -0.494 e. The number of amides is 1. The Balaban J connectivity index is 2.10. The van der Waals surface area contributed by atoms with Gasteiger partial charge in [-0.3, -0.25) is 9.69 Å². The molecule has 1 amide bonds. The van der Waals surface area contributed by atoms with E-state index in [1.807, 2.05) is 12.1 Å². The number of likely N-dealkylation sites (N-methyl/N-ethyl adjacent to an activating group) is 1. The lowest BCUT2D eigenvalue weighted by molar-refractivity contribution is -0.121. The fourth-order valence-electron chi connectivity index (χ4n) is 2.10. The molecule has 0 spiro atoms. The Bertz CT molecular complexity index is 836. The number of rotatable bonds is 2. The zero-order valence-electron chi connectivity index (χ0n) is 11.8. The first-order valence-corrected chi connectivity index (χ1v) is 7.96. The van der Waals surface area contributed by atoms with Crippen LogP contribution in [0.25, 0.3) is 17.0 Å². The average molecular weight is 351 g/mol. The summed E-state index contributed by atoms with van der Waals surface area (Å²) in [6.45, 7) is 0. The monoisotopic (exact) mass is 350 g/mol. The first kappa shape index (κ1) is 15.3. The predicted octanol–water partition coefficient (Wildman–Crippen LogP) is 3.73. The van der Waals surface area contributed by atoms with Gasteiger partial charge in [-0.05, 0) is 30.3 Å². The first-order valence-electron chi connectivity index (χ1n) is 6.36. The number of aromatic nitrogens is 1. The third-order valence-electron chi connectivity index (χ3n) is 3.27. The van der Waals surface area contributed by atoms with Crippen molar-refractivity contribution < 1.29 is 9.53 Å². The van der Waals surface area contributed by atoms with Crippen molar-refractivity contribution in [3.8, 4) is 5.75 Å². The van der Waals surface area contributed by atoms with E-state index in [-0.39, 0.29) is 5.91 Å². The average Bonchev–Trinajstić information content (AvgIpc) is 2.75. The summed E-state index contributed by atoms with van der Waals surface area (Å²) in [5, 5.41) is 1.41. The molecular formula is C15H11ClN2O2S2. The standard InChI is InChI=1S/C15H11ClN2O2S2/c1-18-14(19)12(22-15(18)21)7-8-3-4-9-10(16)5-6-11(20-2)13(9)17-8/h3-7H,1-2H3/b12-7+. The summed E-state index contributed by atoms with van der Waals surface area (Å²) in [7, 11) is 3.24. The molecule has 0 radical (unpaired) electrons. The molecule has 1 aromatic carbocycles. The molecule has 3 rings (SSSR count). The molecule has 1 aliphatic rings. The van der Waals surface area contributed by atoms with Gasteiger partial charge in [0.2, 0.25) is 0 Å². The molecule has 1 aromatic heterocycles. The topological polar surface area (TPSA) is 42.4 Å². The molecule has 1 aliphatic heterocycles. The molecule has 2 aromatic rings. The Morgan fingerprint density at radius 3 is 2.77 bits per heavy atom. The molecule has 4 nitrogen and oxygen atoms in total. The highest BCUT2D eigenvalue weighted by atomic mass is 35.5. The normalized spacial score (nSPS) is 16.9. The van der Waals surface area contributed by atoms with Gasteiger partial charge in [-0.1, -0.05) is 35.6 Å². The maximum atomic E-state index is 12.0. The number of carbonyl (C=O) groups excluding carboxylic acids is 1. The summed E-state index contributed by atoms with van der Waals surface area (Å²) in [5.74, 6) is 0.521. The van der Waals surface area contributed by atoms with Crippen molar-refractivity contribution in [2.24, 2.45) is 0 Å². The number of benzene rings is 1. The zero-order chi connectivity index (χ0) is 15.9. The summed E-state index contributed by atoms with van der Waals surface area (Å²) in [5.41, 5.74) is 1.32. The van der Waals surface area contributed by atoms with Crippen LogP contribution in [0.15, 0.2) is 29.2 Å². The van der Waals surface area contributed by atoms with Crippen molar-refractivity contribution in [2.75, 3.05) is 14.2 Å². The largest absolute Gasteiger partial charge is 0.494 e. The minimum atomic E-state index is -0.116.